The summed E-state index contributed by atoms with van der Waals surface area (Å²) in [6, 6.07) is -0.0579. The first kappa shape index (κ1) is 11.3. The van der Waals surface area contributed by atoms with E-state index in [1.807, 2.05) is 11.8 Å². The maximum absolute atomic E-state index is 10.3. The minimum Gasteiger partial charge on any atom is -0.387 e. The van der Waals surface area contributed by atoms with Gasteiger partial charge in [-0.05, 0) is 24.5 Å². The zero-order valence-electron chi connectivity index (χ0n) is 8.79. The summed E-state index contributed by atoms with van der Waals surface area (Å²) in [6.07, 6.45) is 1.77. The minimum absolute atomic E-state index is 0.0579. The summed E-state index contributed by atoms with van der Waals surface area (Å²) in [5.41, 5.74) is 5.43. The van der Waals surface area contributed by atoms with E-state index < -0.39 is 5.60 Å². The molecular formula is C10H21NOS. The SMILES string of the molecule is CC(C)CC(N)C1(O)CCSC1C. The predicted molar refractivity (Wildman–Crippen MR) is 58.9 cm³/mol. The van der Waals surface area contributed by atoms with Crippen LogP contribution in [0.3, 0.4) is 0 Å². The van der Waals surface area contributed by atoms with Gasteiger partial charge in [0.05, 0.1) is 5.60 Å². The molecule has 1 heterocycles. The largest absolute Gasteiger partial charge is 0.387 e. The Hall–Kier alpha value is 0.270. The van der Waals surface area contributed by atoms with Gasteiger partial charge < -0.3 is 10.8 Å². The summed E-state index contributed by atoms with van der Waals surface area (Å²) in [7, 11) is 0. The molecule has 3 N–H and O–H groups in total. The molecule has 1 fully saturated rings. The maximum Gasteiger partial charge on any atom is 0.0920 e. The average Bonchev–Trinajstić information content (AvgIpc) is 2.32. The summed E-state index contributed by atoms with van der Waals surface area (Å²) in [4.78, 5) is 0. The fraction of sp³-hybridized carbons (Fsp3) is 1.00. The molecule has 1 rings (SSSR count). The molecule has 0 aliphatic carbocycles. The highest BCUT2D eigenvalue weighted by Crippen LogP contribution is 2.38. The van der Waals surface area contributed by atoms with Crippen molar-refractivity contribution in [1.82, 2.24) is 0 Å². The fourth-order valence-electron chi connectivity index (χ4n) is 1.95. The van der Waals surface area contributed by atoms with Gasteiger partial charge in [-0.25, -0.2) is 0 Å². The lowest BCUT2D eigenvalue weighted by atomic mass is 9.84. The number of aliphatic hydroxyl groups is 1. The molecule has 0 bridgehead atoms. The van der Waals surface area contributed by atoms with Crippen LogP contribution in [0.5, 0.6) is 0 Å². The third-order valence-electron chi connectivity index (χ3n) is 2.94. The topological polar surface area (TPSA) is 46.2 Å². The van der Waals surface area contributed by atoms with Gasteiger partial charge in [0.15, 0.2) is 0 Å². The molecule has 0 aromatic rings. The Morgan fingerprint density at radius 3 is 2.62 bits per heavy atom. The van der Waals surface area contributed by atoms with E-state index in [-0.39, 0.29) is 6.04 Å². The molecule has 3 heteroatoms. The molecule has 0 amide bonds. The molecule has 0 aromatic carbocycles. The van der Waals surface area contributed by atoms with Crippen LogP contribution in [0.15, 0.2) is 0 Å². The lowest BCUT2D eigenvalue weighted by Gasteiger charge is -2.34. The highest BCUT2D eigenvalue weighted by Gasteiger charge is 2.43. The average molecular weight is 203 g/mol. The van der Waals surface area contributed by atoms with Crippen molar-refractivity contribution in [3.8, 4) is 0 Å². The van der Waals surface area contributed by atoms with Gasteiger partial charge in [-0.2, -0.15) is 11.8 Å². The Balaban J connectivity index is 2.57. The quantitative estimate of drug-likeness (QED) is 0.732. The molecule has 3 atom stereocenters. The van der Waals surface area contributed by atoms with Crippen LogP contribution >= 0.6 is 11.8 Å². The molecule has 0 saturated carbocycles. The van der Waals surface area contributed by atoms with Crippen molar-refractivity contribution in [3.63, 3.8) is 0 Å². The van der Waals surface area contributed by atoms with Crippen LogP contribution in [0, 0.1) is 5.92 Å². The van der Waals surface area contributed by atoms with Crippen LogP contribution in [-0.2, 0) is 0 Å². The zero-order valence-corrected chi connectivity index (χ0v) is 9.60. The first-order valence-corrected chi connectivity index (χ1v) is 6.11. The van der Waals surface area contributed by atoms with Gasteiger partial charge in [-0.1, -0.05) is 20.8 Å². The van der Waals surface area contributed by atoms with Crippen LogP contribution in [0.1, 0.15) is 33.6 Å². The summed E-state index contributed by atoms with van der Waals surface area (Å²) in [5, 5.41) is 10.6. The Morgan fingerprint density at radius 2 is 2.23 bits per heavy atom. The highest BCUT2D eigenvalue weighted by atomic mass is 32.2. The maximum atomic E-state index is 10.3. The molecule has 3 unspecified atom stereocenters. The summed E-state index contributed by atoms with van der Waals surface area (Å²) < 4.78 is 0. The minimum atomic E-state index is -0.616. The lowest BCUT2D eigenvalue weighted by molar-refractivity contribution is 0.0133. The fourth-order valence-corrected chi connectivity index (χ4v) is 3.33. The number of nitrogens with two attached hydrogens (primary N) is 1. The van der Waals surface area contributed by atoms with Crippen molar-refractivity contribution < 1.29 is 5.11 Å². The van der Waals surface area contributed by atoms with E-state index in [9.17, 15) is 5.11 Å². The molecule has 1 aliphatic rings. The van der Waals surface area contributed by atoms with Crippen LogP contribution in [0.4, 0.5) is 0 Å². The van der Waals surface area contributed by atoms with Crippen molar-refractivity contribution in [2.45, 2.75) is 50.5 Å². The number of thioether (sulfide) groups is 1. The van der Waals surface area contributed by atoms with Gasteiger partial charge >= 0.3 is 0 Å². The number of rotatable bonds is 3. The summed E-state index contributed by atoms with van der Waals surface area (Å²) in [5.74, 6) is 1.61. The van der Waals surface area contributed by atoms with E-state index in [2.05, 4.69) is 20.8 Å². The second-order valence-corrected chi connectivity index (χ2v) is 5.94. The van der Waals surface area contributed by atoms with E-state index in [1.165, 1.54) is 0 Å². The van der Waals surface area contributed by atoms with Crippen LogP contribution < -0.4 is 5.73 Å². The smallest absolute Gasteiger partial charge is 0.0920 e. The normalized spacial score (nSPS) is 36.9. The molecule has 78 valence electrons. The van der Waals surface area contributed by atoms with Gasteiger partial charge in [0.25, 0.3) is 0 Å². The molecular weight excluding hydrogens is 182 g/mol. The monoisotopic (exact) mass is 203 g/mol. The Morgan fingerprint density at radius 1 is 1.62 bits per heavy atom. The predicted octanol–water partition coefficient (Wildman–Crippen LogP) is 1.62. The zero-order chi connectivity index (χ0) is 10.1. The van der Waals surface area contributed by atoms with E-state index in [0.29, 0.717) is 11.2 Å². The van der Waals surface area contributed by atoms with Crippen LogP contribution in [-0.4, -0.2) is 27.8 Å². The van der Waals surface area contributed by atoms with Crippen LogP contribution in [0.2, 0.25) is 0 Å². The molecule has 0 aromatic heterocycles. The molecule has 13 heavy (non-hydrogen) atoms. The van der Waals surface area contributed by atoms with E-state index in [0.717, 1.165) is 18.6 Å². The van der Waals surface area contributed by atoms with Crippen molar-refractivity contribution in [2.75, 3.05) is 5.75 Å². The molecule has 0 spiro atoms. The van der Waals surface area contributed by atoms with Crippen molar-refractivity contribution in [1.29, 1.82) is 0 Å². The van der Waals surface area contributed by atoms with Gasteiger partial charge in [0, 0.05) is 11.3 Å². The number of hydrogen-bond donors (Lipinski definition) is 2. The van der Waals surface area contributed by atoms with E-state index >= 15 is 0 Å². The molecule has 1 saturated heterocycles. The second kappa shape index (κ2) is 4.20. The van der Waals surface area contributed by atoms with Crippen LogP contribution in [0.25, 0.3) is 0 Å². The summed E-state index contributed by atoms with van der Waals surface area (Å²) >= 11 is 1.83. The van der Waals surface area contributed by atoms with Gasteiger partial charge in [0.2, 0.25) is 0 Å². The van der Waals surface area contributed by atoms with Gasteiger partial charge in [-0.15, -0.1) is 0 Å². The third kappa shape index (κ3) is 2.39. The first-order chi connectivity index (χ1) is 5.97. The summed E-state index contributed by atoms with van der Waals surface area (Å²) in [6.45, 7) is 6.38. The van der Waals surface area contributed by atoms with E-state index in [4.69, 9.17) is 5.73 Å². The second-order valence-electron chi connectivity index (χ2n) is 4.49. The molecule has 2 nitrogen and oxygen atoms in total. The first-order valence-electron chi connectivity index (χ1n) is 5.06. The molecule has 1 aliphatic heterocycles. The third-order valence-corrected chi connectivity index (χ3v) is 4.29. The number of hydrogen-bond acceptors (Lipinski definition) is 3. The van der Waals surface area contributed by atoms with Crippen molar-refractivity contribution in [3.05, 3.63) is 0 Å². The highest BCUT2D eigenvalue weighted by molar-refractivity contribution is 8.00. The molecule has 0 radical (unpaired) electrons. The lowest BCUT2D eigenvalue weighted by Crippen LogP contribution is -2.52. The van der Waals surface area contributed by atoms with Gasteiger partial charge in [0.1, 0.15) is 0 Å². The van der Waals surface area contributed by atoms with Crippen molar-refractivity contribution in [2.24, 2.45) is 11.7 Å². The van der Waals surface area contributed by atoms with Crippen molar-refractivity contribution >= 4 is 11.8 Å². The Kier molecular flexibility index (Phi) is 3.66. The Bertz CT molecular complexity index is 174. The standard InChI is InChI=1S/C10H21NOS/c1-7(2)6-9(11)10(12)4-5-13-8(10)3/h7-9,12H,4-6,11H2,1-3H3. The van der Waals surface area contributed by atoms with E-state index in [1.54, 1.807) is 0 Å². The van der Waals surface area contributed by atoms with Gasteiger partial charge in [-0.3, -0.25) is 0 Å². The Labute approximate surface area is 85.3 Å².